The van der Waals surface area contributed by atoms with Crippen molar-refractivity contribution in [1.82, 2.24) is 10.3 Å². The third-order valence-corrected chi connectivity index (χ3v) is 9.40. The Balaban J connectivity index is 1.49. The molecule has 2 amide bonds. The van der Waals surface area contributed by atoms with Gasteiger partial charge in [-0.25, -0.2) is 18.2 Å². The molecule has 0 saturated heterocycles. The number of carbonyl (C=O) groups is 2. The lowest BCUT2D eigenvalue weighted by molar-refractivity contribution is -0.123. The molecule has 15 heteroatoms. The van der Waals surface area contributed by atoms with Crippen LogP contribution in [0.3, 0.4) is 0 Å². The average molecular weight is 724 g/mol. The molecule has 51 heavy (non-hydrogen) atoms. The number of hydrogen-bond acceptors (Lipinski definition) is 9. The van der Waals surface area contributed by atoms with E-state index in [1.807, 2.05) is 0 Å². The number of carbonyl (C=O) groups excluding carboxylic acids is 2. The zero-order valence-corrected chi connectivity index (χ0v) is 28.4. The molecule has 266 valence electrons. The van der Waals surface area contributed by atoms with E-state index >= 15 is 4.39 Å². The second-order valence-corrected chi connectivity index (χ2v) is 13.0. The molecule has 1 aliphatic carbocycles. The number of nitrogens with two attached hydrogens (primary N) is 2. The normalized spacial score (nSPS) is 18.4. The van der Waals surface area contributed by atoms with E-state index in [-0.39, 0.29) is 75.8 Å². The Morgan fingerprint density at radius 2 is 1.88 bits per heavy atom. The monoisotopic (exact) mass is 723 g/mol. The first-order valence-corrected chi connectivity index (χ1v) is 16.0. The predicted molar refractivity (Wildman–Crippen MR) is 183 cm³/mol. The van der Waals surface area contributed by atoms with Gasteiger partial charge in [0.25, 0.3) is 5.91 Å². The summed E-state index contributed by atoms with van der Waals surface area (Å²) in [7, 11) is 2.77. The summed E-state index contributed by atoms with van der Waals surface area (Å²) in [6.07, 6.45) is 1.78. The van der Waals surface area contributed by atoms with Gasteiger partial charge >= 0.3 is 0 Å². The number of hydrogen-bond donors (Lipinski definition) is 4. The van der Waals surface area contributed by atoms with Crippen molar-refractivity contribution >= 4 is 35.3 Å². The van der Waals surface area contributed by atoms with Crippen LogP contribution in [0, 0.1) is 11.6 Å². The largest absolute Gasteiger partial charge is 0.497 e. The van der Waals surface area contributed by atoms with Gasteiger partial charge in [-0.2, -0.15) is 0 Å². The standard InChI is InChI=1S/C36H33ClF3N5O6/c1-34(33(42)47)17-51-31-23(34)13-28(45-30(31)22-12-24(37)26(39)14-25(22)38)36(48,20-5-4-6-21(11-20)49-2)16-43-32(46)18-9-19(15-44-35(40)7-8-35)29(41)27(10-18)50-3/h4-6,9-15,48H,7-8,16-17,41H2,1-3H3,(H2,42,47)(H,43,46)/t34-,36+/m0/s1. The number of alkyl halides is 1. The van der Waals surface area contributed by atoms with Crippen LogP contribution in [0.1, 0.15) is 52.5 Å². The van der Waals surface area contributed by atoms with Crippen LogP contribution >= 0.6 is 11.6 Å². The highest BCUT2D eigenvalue weighted by Gasteiger charge is 2.46. The van der Waals surface area contributed by atoms with Crippen molar-refractivity contribution in [2.75, 3.05) is 33.1 Å². The lowest BCUT2D eigenvalue weighted by Crippen LogP contribution is -2.43. The van der Waals surface area contributed by atoms with E-state index < -0.39 is 51.8 Å². The number of nitrogen functional groups attached to an aromatic ring is 1. The highest BCUT2D eigenvalue weighted by molar-refractivity contribution is 6.31. The molecular weight excluding hydrogens is 691 g/mol. The van der Waals surface area contributed by atoms with E-state index in [1.165, 1.54) is 51.6 Å². The number of aliphatic hydroxyl groups is 1. The number of aromatic nitrogens is 1. The second-order valence-electron chi connectivity index (χ2n) is 12.6. The van der Waals surface area contributed by atoms with Crippen LogP contribution in [-0.4, -0.2) is 61.3 Å². The molecule has 0 radical (unpaired) electrons. The number of halogens is 4. The van der Waals surface area contributed by atoms with Gasteiger partial charge in [-0.05, 0) is 48.9 Å². The molecule has 0 unspecified atom stereocenters. The number of aliphatic imine (C=N–C) groups is 1. The third kappa shape index (κ3) is 6.52. The molecule has 6 rings (SSSR count). The Hall–Kier alpha value is -5.34. The van der Waals surface area contributed by atoms with Gasteiger partial charge in [0, 0.05) is 47.4 Å². The summed E-state index contributed by atoms with van der Waals surface area (Å²) in [6, 6.07) is 12.0. The van der Waals surface area contributed by atoms with Crippen molar-refractivity contribution in [2.24, 2.45) is 10.7 Å². The lowest BCUT2D eigenvalue weighted by atomic mass is 9.80. The van der Waals surface area contributed by atoms with Crippen LogP contribution in [0.15, 0.2) is 59.6 Å². The van der Waals surface area contributed by atoms with Crippen molar-refractivity contribution in [2.45, 2.75) is 36.6 Å². The summed E-state index contributed by atoms with van der Waals surface area (Å²) >= 11 is 6.04. The third-order valence-electron chi connectivity index (χ3n) is 9.11. The quantitative estimate of drug-likeness (QED) is 0.0728. The molecule has 6 N–H and O–H groups in total. The van der Waals surface area contributed by atoms with Crippen molar-refractivity contribution < 1.29 is 42.1 Å². The fourth-order valence-corrected chi connectivity index (χ4v) is 5.85. The minimum Gasteiger partial charge on any atom is -0.497 e. The maximum absolute atomic E-state index is 15.4. The number of ether oxygens (including phenoxy) is 3. The van der Waals surface area contributed by atoms with Crippen LogP contribution in [0.5, 0.6) is 17.2 Å². The Bertz CT molecular complexity index is 2110. The topological polar surface area (TPSA) is 171 Å². The Kier molecular flexibility index (Phi) is 9.10. The number of pyridine rings is 1. The van der Waals surface area contributed by atoms with Crippen LogP contribution < -0.4 is 31.0 Å². The van der Waals surface area contributed by atoms with Crippen molar-refractivity contribution in [3.8, 4) is 28.5 Å². The molecule has 4 aromatic rings. The fourth-order valence-electron chi connectivity index (χ4n) is 5.69. The smallest absolute Gasteiger partial charge is 0.251 e. The van der Waals surface area contributed by atoms with E-state index in [2.05, 4.69) is 15.3 Å². The molecule has 1 aliphatic heterocycles. The van der Waals surface area contributed by atoms with E-state index in [4.69, 9.17) is 37.3 Å². The first-order chi connectivity index (χ1) is 24.1. The number of amides is 2. The highest BCUT2D eigenvalue weighted by Crippen LogP contribution is 2.47. The van der Waals surface area contributed by atoms with E-state index in [0.717, 1.165) is 6.07 Å². The molecular formula is C36H33ClF3N5O6. The average Bonchev–Trinajstić information content (AvgIpc) is 3.76. The van der Waals surface area contributed by atoms with Gasteiger partial charge < -0.3 is 36.1 Å². The van der Waals surface area contributed by atoms with Gasteiger partial charge in [-0.15, -0.1) is 0 Å². The Morgan fingerprint density at radius 1 is 1.14 bits per heavy atom. The number of fused-ring (bicyclic) bond motifs is 1. The summed E-state index contributed by atoms with van der Waals surface area (Å²) in [5, 5.41) is 14.9. The van der Waals surface area contributed by atoms with Crippen molar-refractivity contribution in [3.63, 3.8) is 0 Å². The van der Waals surface area contributed by atoms with E-state index in [0.29, 0.717) is 11.8 Å². The first kappa shape index (κ1) is 35.5. The molecule has 2 heterocycles. The molecule has 3 aromatic carbocycles. The fraction of sp³-hybridized carbons (Fsp3) is 0.278. The molecule has 1 fully saturated rings. The number of anilines is 1. The number of nitrogens with zero attached hydrogens (tertiary/aromatic N) is 2. The minimum atomic E-state index is -2.20. The summed E-state index contributed by atoms with van der Waals surface area (Å²) < 4.78 is 60.5. The maximum atomic E-state index is 15.4. The van der Waals surface area contributed by atoms with Gasteiger partial charge in [0.1, 0.15) is 52.2 Å². The zero-order valence-electron chi connectivity index (χ0n) is 27.7. The van der Waals surface area contributed by atoms with Crippen LogP contribution in [0.4, 0.5) is 18.9 Å². The molecule has 0 bridgehead atoms. The summed E-state index contributed by atoms with van der Waals surface area (Å²) in [5.74, 6) is -4.77. The first-order valence-electron chi connectivity index (χ1n) is 15.6. The van der Waals surface area contributed by atoms with Gasteiger partial charge in [0.15, 0.2) is 5.79 Å². The zero-order chi connectivity index (χ0) is 36.9. The van der Waals surface area contributed by atoms with Gasteiger partial charge in [0.05, 0.1) is 37.2 Å². The second kappa shape index (κ2) is 13.1. The maximum Gasteiger partial charge on any atom is 0.251 e. The highest BCUT2D eigenvalue weighted by atomic mass is 35.5. The number of rotatable bonds is 11. The number of primary amides is 1. The molecule has 1 aromatic heterocycles. The number of methoxy groups -OCH3 is 2. The van der Waals surface area contributed by atoms with Crippen LogP contribution in [0.2, 0.25) is 5.02 Å². The Morgan fingerprint density at radius 3 is 2.55 bits per heavy atom. The van der Waals surface area contributed by atoms with Gasteiger partial charge in [-0.1, -0.05) is 23.7 Å². The summed E-state index contributed by atoms with van der Waals surface area (Å²) in [6.45, 7) is 0.724. The molecule has 2 atom stereocenters. The summed E-state index contributed by atoms with van der Waals surface area (Å²) in [5.41, 5.74) is 8.44. The molecule has 1 saturated carbocycles. The minimum absolute atomic E-state index is 0.0249. The van der Waals surface area contributed by atoms with Gasteiger partial charge in [0.2, 0.25) is 5.91 Å². The number of benzene rings is 3. The SMILES string of the molecule is COc1cccc([C@](O)(CNC(=O)c2cc(C=NC3(F)CC3)c(N)c(OC)c2)c2cc3c(c(-c4cc(Cl)c(F)cc4F)n2)OC[C@]3(C)C(N)=O)c1. The number of nitrogens with one attached hydrogen (secondary N) is 1. The van der Waals surface area contributed by atoms with Crippen LogP contribution in [0.25, 0.3) is 11.3 Å². The molecule has 11 nitrogen and oxygen atoms in total. The summed E-state index contributed by atoms with van der Waals surface area (Å²) in [4.78, 5) is 35.1. The van der Waals surface area contributed by atoms with Crippen LogP contribution in [-0.2, 0) is 15.8 Å². The van der Waals surface area contributed by atoms with Gasteiger partial charge in [-0.3, -0.25) is 14.6 Å². The van der Waals surface area contributed by atoms with Crippen molar-refractivity contribution in [3.05, 3.63) is 99.2 Å². The van der Waals surface area contributed by atoms with Crippen molar-refractivity contribution in [1.29, 1.82) is 0 Å². The van der Waals surface area contributed by atoms with E-state index in [9.17, 15) is 23.5 Å². The molecule has 0 spiro atoms. The van der Waals surface area contributed by atoms with E-state index in [1.54, 1.807) is 18.2 Å². The predicted octanol–water partition coefficient (Wildman–Crippen LogP) is 4.96. The Labute approximate surface area is 295 Å². The lowest BCUT2D eigenvalue weighted by Gasteiger charge is -2.30. The molecule has 2 aliphatic rings.